The molecule has 0 aliphatic heterocycles. The number of nitrogens with zero attached hydrogens (tertiary/aromatic N) is 2. The van der Waals surface area contributed by atoms with Crippen molar-refractivity contribution in [2.45, 2.75) is 13.8 Å². The minimum atomic E-state index is -0.456. The van der Waals surface area contributed by atoms with Crippen molar-refractivity contribution in [1.82, 2.24) is 4.68 Å². The van der Waals surface area contributed by atoms with Crippen LogP contribution in [0, 0.1) is 24.0 Å². The van der Waals surface area contributed by atoms with E-state index in [2.05, 4.69) is 5.43 Å². The summed E-state index contributed by atoms with van der Waals surface area (Å²) >= 11 is 6.01. The van der Waals surface area contributed by atoms with Crippen LogP contribution < -0.4 is 5.43 Å². The van der Waals surface area contributed by atoms with Crippen molar-refractivity contribution in [3.8, 4) is 0 Å². The lowest BCUT2D eigenvalue weighted by molar-refractivity contribution is -0.384. The quantitative estimate of drug-likeness (QED) is 0.682. The third-order valence-electron chi connectivity index (χ3n) is 2.68. The Morgan fingerprint density at radius 1 is 1.22 bits per heavy atom. The number of hydrogen-bond acceptors (Lipinski definition) is 3. The fourth-order valence-corrected chi connectivity index (χ4v) is 1.94. The third-order valence-corrected chi connectivity index (χ3v) is 3.00. The number of hydrogen-bond donors (Lipinski definition) is 1. The van der Waals surface area contributed by atoms with E-state index in [9.17, 15) is 10.1 Å². The van der Waals surface area contributed by atoms with E-state index in [1.165, 1.54) is 6.07 Å². The van der Waals surface area contributed by atoms with Crippen LogP contribution in [0.5, 0.6) is 0 Å². The fourth-order valence-electron chi connectivity index (χ4n) is 1.73. The van der Waals surface area contributed by atoms with Crippen LogP contribution in [-0.4, -0.2) is 9.60 Å². The van der Waals surface area contributed by atoms with E-state index < -0.39 is 4.92 Å². The molecule has 1 aromatic carbocycles. The lowest BCUT2D eigenvalue weighted by atomic mass is 10.3. The summed E-state index contributed by atoms with van der Waals surface area (Å²) in [5.74, 6) is 0. The van der Waals surface area contributed by atoms with Gasteiger partial charge in [0.15, 0.2) is 5.69 Å². The highest BCUT2D eigenvalue weighted by Crippen LogP contribution is 2.32. The number of benzene rings is 1. The van der Waals surface area contributed by atoms with Gasteiger partial charge in [-0.3, -0.25) is 20.2 Å². The van der Waals surface area contributed by atoms with Gasteiger partial charge < -0.3 is 0 Å². The molecule has 0 aliphatic rings. The second-order valence-corrected chi connectivity index (χ2v) is 4.36. The largest absolute Gasteiger partial charge is 0.295 e. The van der Waals surface area contributed by atoms with E-state index in [4.69, 9.17) is 11.6 Å². The molecule has 0 fully saturated rings. The Morgan fingerprint density at radius 2 is 1.83 bits per heavy atom. The smallest absolute Gasteiger partial charge is 0.287 e. The molecule has 18 heavy (non-hydrogen) atoms. The summed E-state index contributed by atoms with van der Waals surface area (Å²) in [5, 5.41) is 11.3. The normalized spacial score (nSPS) is 10.4. The zero-order valence-electron chi connectivity index (χ0n) is 9.98. The SMILES string of the molecule is Cc1ccc(C)n1Nc1c(Cl)cccc1[N+](=O)[O-]. The van der Waals surface area contributed by atoms with E-state index in [0.29, 0.717) is 10.7 Å². The van der Waals surface area contributed by atoms with Crippen molar-refractivity contribution < 1.29 is 4.92 Å². The number of anilines is 1. The molecule has 1 N–H and O–H groups in total. The standard InChI is InChI=1S/C12H12ClN3O2/c1-8-6-7-9(2)15(8)14-12-10(13)4-3-5-11(12)16(17)18/h3-7,14H,1-2H3. The van der Waals surface area contributed by atoms with Gasteiger partial charge in [0.1, 0.15) is 0 Å². The molecule has 0 saturated carbocycles. The molecule has 2 rings (SSSR count). The van der Waals surface area contributed by atoms with Gasteiger partial charge in [-0.1, -0.05) is 17.7 Å². The highest BCUT2D eigenvalue weighted by atomic mass is 35.5. The summed E-state index contributed by atoms with van der Waals surface area (Å²) in [7, 11) is 0. The number of aryl methyl sites for hydroxylation is 2. The van der Waals surface area contributed by atoms with Crippen molar-refractivity contribution in [2.24, 2.45) is 0 Å². The van der Waals surface area contributed by atoms with Gasteiger partial charge in [-0.05, 0) is 32.0 Å². The van der Waals surface area contributed by atoms with Crippen LogP contribution >= 0.6 is 11.6 Å². The van der Waals surface area contributed by atoms with Gasteiger partial charge in [-0.2, -0.15) is 0 Å². The number of nitro groups is 1. The molecule has 5 nitrogen and oxygen atoms in total. The van der Waals surface area contributed by atoms with Crippen LogP contribution in [-0.2, 0) is 0 Å². The fraction of sp³-hybridized carbons (Fsp3) is 0.167. The molecule has 2 aromatic rings. The zero-order valence-corrected chi connectivity index (χ0v) is 10.7. The summed E-state index contributed by atoms with van der Waals surface area (Å²) < 4.78 is 1.76. The van der Waals surface area contributed by atoms with Crippen LogP contribution in [0.2, 0.25) is 5.02 Å². The Morgan fingerprint density at radius 3 is 2.39 bits per heavy atom. The number of rotatable bonds is 3. The zero-order chi connectivity index (χ0) is 13.3. The van der Waals surface area contributed by atoms with Crippen LogP contribution in [0.15, 0.2) is 30.3 Å². The molecular formula is C12H12ClN3O2. The highest BCUT2D eigenvalue weighted by Gasteiger charge is 2.17. The van der Waals surface area contributed by atoms with Gasteiger partial charge in [-0.15, -0.1) is 0 Å². The van der Waals surface area contributed by atoms with Crippen LogP contribution in [0.25, 0.3) is 0 Å². The van der Waals surface area contributed by atoms with Gasteiger partial charge in [0.2, 0.25) is 0 Å². The molecule has 0 unspecified atom stereocenters. The van der Waals surface area contributed by atoms with E-state index in [0.717, 1.165) is 11.4 Å². The molecule has 94 valence electrons. The summed E-state index contributed by atoms with van der Waals surface area (Å²) in [6.45, 7) is 3.81. The first-order valence-electron chi connectivity index (χ1n) is 5.35. The third kappa shape index (κ3) is 2.17. The number of aromatic nitrogens is 1. The molecule has 1 aromatic heterocycles. The van der Waals surface area contributed by atoms with Gasteiger partial charge in [0.25, 0.3) is 5.69 Å². The van der Waals surface area contributed by atoms with Crippen molar-refractivity contribution in [2.75, 3.05) is 5.43 Å². The van der Waals surface area contributed by atoms with E-state index in [-0.39, 0.29) is 5.69 Å². The molecule has 0 bridgehead atoms. The Hall–Kier alpha value is -2.01. The first kappa shape index (κ1) is 12.4. The molecule has 6 heteroatoms. The van der Waals surface area contributed by atoms with Crippen LogP contribution in [0.4, 0.5) is 11.4 Å². The monoisotopic (exact) mass is 265 g/mol. The molecule has 0 aliphatic carbocycles. The van der Waals surface area contributed by atoms with Crippen molar-refractivity contribution in [3.63, 3.8) is 0 Å². The average molecular weight is 266 g/mol. The minimum Gasteiger partial charge on any atom is -0.287 e. The van der Waals surface area contributed by atoms with Crippen LogP contribution in [0.3, 0.4) is 0 Å². The molecular weight excluding hydrogens is 254 g/mol. The lowest BCUT2D eigenvalue weighted by Crippen LogP contribution is -2.13. The summed E-state index contributed by atoms with van der Waals surface area (Å²) in [4.78, 5) is 10.5. The summed E-state index contributed by atoms with van der Waals surface area (Å²) in [6.07, 6.45) is 0. The number of para-hydroxylation sites is 1. The Bertz CT molecular complexity index is 588. The van der Waals surface area contributed by atoms with Crippen molar-refractivity contribution in [3.05, 3.63) is 56.9 Å². The molecule has 1 heterocycles. The maximum atomic E-state index is 11.0. The Kier molecular flexibility index (Phi) is 3.25. The number of halogens is 1. The van der Waals surface area contributed by atoms with Crippen molar-refractivity contribution in [1.29, 1.82) is 0 Å². The average Bonchev–Trinajstić information content (AvgIpc) is 2.62. The topological polar surface area (TPSA) is 60.1 Å². The van der Waals surface area contributed by atoms with E-state index in [1.807, 2.05) is 26.0 Å². The number of nitrogens with one attached hydrogen (secondary N) is 1. The van der Waals surface area contributed by atoms with Gasteiger partial charge in [-0.25, -0.2) is 0 Å². The molecule has 0 saturated heterocycles. The van der Waals surface area contributed by atoms with Gasteiger partial charge in [0.05, 0.1) is 9.95 Å². The minimum absolute atomic E-state index is 0.0463. The maximum Gasteiger partial charge on any atom is 0.295 e. The van der Waals surface area contributed by atoms with Crippen molar-refractivity contribution >= 4 is 23.0 Å². The van der Waals surface area contributed by atoms with Gasteiger partial charge in [0, 0.05) is 17.5 Å². The lowest BCUT2D eigenvalue weighted by Gasteiger charge is -2.13. The Labute approximate surface area is 109 Å². The predicted molar refractivity (Wildman–Crippen MR) is 71.0 cm³/mol. The summed E-state index contributed by atoms with van der Waals surface area (Å²) in [6, 6.07) is 8.43. The maximum absolute atomic E-state index is 11.0. The second kappa shape index (κ2) is 4.70. The molecule has 0 atom stereocenters. The molecule has 0 radical (unpaired) electrons. The first-order chi connectivity index (χ1) is 8.50. The predicted octanol–water partition coefficient (Wildman–Crippen LogP) is 3.54. The Balaban J connectivity index is 2.49. The molecule has 0 spiro atoms. The van der Waals surface area contributed by atoms with Crippen LogP contribution in [0.1, 0.15) is 11.4 Å². The summed E-state index contributed by atoms with van der Waals surface area (Å²) in [5.41, 5.74) is 5.13. The van der Waals surface area contributed by atoms with Gasteiger partial charge >= 0.3 is 0 Å². The number of nitro benzene ring substituents is 1. The highest BCUT2D eigenvalue weighted by molar-refractivity contribution is 6.33. The second-order valence-electron chi connectivity index (χ2n) is 3.95. The molecule has 0 amide bonds. The van der Waals surface area contributed by atoms with E-state index >= 15 is 0 Å². The van der Waals surface area contributed by atoms with E-state index in [1.54, 1.807) is 16.8 Å². The first-order valence-corrected chi connectivity index (χ1v) is 5.73.